The maximum atomic E-state index is 14.2. The summed E-state index contributed by atoms with van der Waals surface area (Å²) < 4.78 is 14.2. The molecule has 2 aromatic carbocycles. The van der Waals surface area contributed by atoms with Crippen molar-refractivity contribution >= 4 is 35.0 Å². The Morgan fingerprint density at radius 3 is 2.31 bits per heavy atom. The van der Waals surface area contributed by atoms with E-state index in [9.17, 15) is 14.0 Å². The average Bonchev–Trinajstić information content (AvgIpc) is 2.67. The summed E-state index contributed by atoms with van der Waals surface area (Å²) in [5.74, 6) is -0.973. The van der Waals surface area contributed by atoms with E-state index in [4.69, 9.17) is 23.2 Å². The van der Waals surface area contributed by atoms with Gasteiger partial charge >= 0.3 is 0 Å². The van der Waals surface area contributed by atoms with Crippen LogP contribution >= 0.6 is 23.2 Å². The van der Waals surface area contributed by atoms with E-state index in [0.29, 0.717) is 17.1 Å². The number of nitrogens with one attached hydrogen (secondary N) is 1. The van der Waals surface area contributed by atoms with Crippen LogP contribution in [0.2, 0.25) is 10.0 Å². The number of halogens is 3. The lowest BCUT2D eigenvalue weighted by molar-refractivity contribution is -0.140. The standard InChI is InChI=1S/C22H25Cl2FN2O2/c1-14(2)12-26-22(29)15(3)27(13-16-7-4-5-8-18(16)23)21(28)11-17-19(24)9-6-10-20(17)25/h4-10,14-15H,11-13H2,1-3H3,(H,26,29)/t15-/m0/s1. The third-order valence-corrected chi connectivity index (χ3v) is 5.26. The van der Waals surface area contributed by atoms with Gasteiger partial charge in [0, 0.05) is 28.7 Å². The second kappa shape index (κ2) is 10.6. The summed E-state index contributed by atoms with van der Waals surface area (Å²) in [6, 6.07) is 10.6. The Balaban J connectivity index is 2.29. The van der Waals surface area contributed by atoms with Crippen molar-refractivity contribution in [1.29, 1.82) is 0 Å². The number of nitrogens with zero attached hydrogens (tertiary/aromatic N) is 1. The molecule has 0 aromatic heterocycles. The van der Waals surface area contributed by atoms with Gasteiger partial charge in [-0.15, -0.1) is 0 Å². The van der Waals surface area contributed by atoms with E-state index < -0.39 is 17.8 Å². The van der Waals surface area contributed by atoms with E-state index in [1.807, 2.05) is 13.8 Å². The molecule has 0 bridgehead atoms. The molecule has 0 aliphatic rings. The summed E-state index contributed by atoms with van der Waals surface area (Å²) >= 11 is 12.3. The highest BCUT2D eigenvalue weighted by Gasteiger charge is 2.27. The molecule has 156 valence electrons. The summed E-state index contributed by atoms with van der Waals surface area (Å²) in [6.45, 7) is 6.24. The highest BCUT2D eigenvalue weighted by Crippen LogP contribution is 2.23. The van der Waals surface area contributed by atoms with Crippen LogP contribution in [0.25, 0.3) is 0 Å². The molecular weight excluding hydrogens is 414 g/mol. The number of hydrogen-bond acceptors (Lipinski definition) is 2. The third kappa shape index (κ3) is 6.44. The van der Waals surface area contributed by atoms with Crippen LogP contribution in [0.5, 0.6) is 0 Å². The molecule has 1 N–H and O–H groups in total. The quantitative estimate of drug-likeness (QED) is 0.639. The first kappa shape index (κ1) is 23.2. The van der Waals surface area contributed by atoms with E-state index in [0.717, 1.165) is 0 Å². The van der Waals surface area contributed by atoms with Gasteiger partial charge in [-0.3, -0.25) is 9.59 Å². The van der Waals surface area contributed by atoms with Crippen molar-refractivity contribution in [3.63, 3.8) is 0 Å². The number of rotatable bonds is 8. The number of amides is 2. The molecule has 1 atom stereocenters. The van der Waals surface area contributed by atoms with Crippen LogP contribution in [-0.4, -0.2) is 29.3 Å². The lowest BCUT2D eigenvalue weighted by atomic mass is 10.1. The number of carbonyl (C=O) groups is 2. The lowest BCUT2D eigenvalue weighted by Gasteiger charge is -2.29. The Kier molecular flexibility index (Phi) is 8.47. The first-order valence-electron chi connectivity index (χ1n) is 9.44. The van der Waals surface area contributed by atoms with Crippen molar-refractivity contribution in [1.82, 2.24) is 10.2 Å². The number of carbonyl (C=O) groups excluding carboxylic acids is 2. The van der Waals surface area contributed by atoms with Crippen LogP contribution in [0.15, 0.2) is 42.5 Å². The van der Waals surface area contributed by atoms with E-state index in [1.165, 1.54) is 23.1 Å². The highest BCUT2D eigenvalue weighted by atomic mass is 35.5. The maximum Gasteiger partial charge on any atom is 0.242 e. The highest BCUT2D eigenvalue weighted by molar-refractivity contribution is 6.31. The molecule has 4 nitrogen and oxygen atoms in total. The van der Waals surface area contributed by atoms with Crippen LogP contribution in [0.4, 0.5) is 4.39 Å². The summed E-state index contributed by atoms with van der Waals surface area (Å²) in [4.78, 5) is 27.1. The molecule has 0 saturated heterocycles. The molecule has 0 heterocycles. The van der Waals surface area contributed by atoms with Gasteiger partial charge in [0.05, 0.1) is 6.42 Å². The van der Waals surface area contributed by atoms with E-state index in [2.05, 4.69) is 5.32 Å². The van der Waals surface area contributed by atoms with Crippen LogP contribution in [0, 0.1) is 11.7 Å². The molecule has 0 radical (unpaired) electrons. The zero-order chi connectivity index (χ0) is 21.6. The minimum Gasteiger partial charge on any atom is -0.354 e. The Bertz CT molecular complexity index is 853. The van der Waals surface area contributed by atoms with Crippen molar-refractivity contribution in [2.45, 2.75) is 39.8 Å². The zero-order valence-electron chi connectivity index (χ0n) is 16.7. The third-order valence-electron chi connectivity index (χ3n) is 4.54. The largest absolute Gasteiger partial charge is 0.354 e. The average molecular weight is 439 g/mol. The fourth-order valence-corrected chi connectivity index (χ4v) is 3.22. The molecular formula is C22H25Cl2FN2O2. The minimum atomic E-state index is -0.761. The van der Waals surface area contributed by atoms with Gasteiger partial charge in [-0.05, 0) is 36.6 Å². The van der Waals surface area contributed by atoms with Gasteiger partial charge in [0.2, 0.25) is 11.8 Å². The Morgan fingerprint density at radius 2 is 1.69 bits per heavy atom. The Hall–Kier alpha value is -2.11. The van der Waals surface area contributed by atoms with Crippen LogP contribution in [-0.2, 0) is 22.6 Å². The van der Waals surface area contributed by atoms with Crippen LogP contribution in [0.3, 0.4) is 0 Å². The molecule has 2 aromatic rings. The predicted octanol–water partition coefficient (Wildman–Crippen LogP) is 4.86. The van der Waals surface area contributed by atoms with Gasteiger partial charge in [0.25, 0.3) is 0 Å². The summed E-state index contributed by atoms with van der Waals surface area (Å²) in [6.07, 6.45) is -0.252. The topological polar surface area (TPSA) is 49.4 Å². The molecule has 0 fully saturated rings. The van der Waals surface area contributed by atoms with Crippen molar-refractivity contribution in [2.75, 3.05) is 6.54 Å². The van der Waals surface area contributed by atoms with Gasteiger partial charge in [-0.2, -0.15) is 0 Å². The number of benzene rings is 2. The Labute approximate surface area is 181 Å². The molecule has 2 amide bonds. The molecule has 0 unspecified atom stereocenters. The summed E-state index contributed by atoms with van der Waals surface area (Å²) in [7, 11) is 0. The van der Waals surface area contributed by atoms with Crippen molar-refractivity contribution < 1.29 is 14.0 Å². The fraction of sp³-hybridized carbons (Fsp3) is 0.364. The minimum absolute atomic E-state index is 0.109. The normalized spacial score (nSPS) is 12.0. The van der Waals surface area contributed by atoms with Gasteiger partial charge in [-0.1, -0.05) is 61.3 Å². The van der Waals surface area contributed by atoms with Crippen LogP contribution in [0.1, 0.15) is 31.9 Å². The van der Waals surface area contributed by atoms with Crippen molar-refractivity contribution in [3.05, 3.63) is 69.5 Å². The van der Waals surface area contributed by atoms with Gasteiger partial charge < -0.3 is 10.2 Å². The zero-order valence-corrected chi connectivity index (χ0v) is 18.2. The van der Waals surface area contributed by atoms with E-state index >= 15 is 0 Å². The van der Waals surface area contributed by atoms with Gasteiger partial charge in [0.1, 0.15) is 11.9 Å². The van der Waals surface area contributed by atoms with Crippen molar-refractivity contribution in [3.8, 4) is 0 Å². The SMILES string of the molecule is CC(C)CNC(=O)[C@H](C)N(Cc1ccccc1Cl)C(=O)Cc1c(F)cccc1Cl. The second-order valence-electron chi connectivity index (χ2n) is 7.31. The smallest absolute Gasteiger partial charge is 0.242 e. The monoisotopic (exact) mass is 438 g/mol. The van der Waals surface area contributed by atoms with E-state index in [1.54, 1.807) is 31.2 Å². The lowest BCUT2D eigenvalue weighted by Crippen LogP contribution is -2.48. The van der Waals surface area contributed by atoms with Crippen LogP contribution < -0.4 is 5.32 Å². The maximum absolute atomic E-state index is 14.2. The first-order valence-corrected chi connectivity index (χ1v) is 10.2. The molecule has 0 saturated carbocycles. The molecule has 2 rings (SSSR count). The Morgan fingerprint density at radius 1 is 1.03 bits per heavy atom. The fourth-order valence-electron chi connectivity index (χ4n) is 2.80. The van der Waals surface area contributed by atoms with Gasteiger partial charge in [0.15, 0.2) is 0 Å². The second-order valence-corrected chi connectivity index (χ2v) is 8.12. The molecule has 0 aliphatic heterocycles. The molecule has 29 heavy (non-hydrogen) atoms. The summed E-state index contributed by atoms with van der Waals surface area (Å²) in [5, 5.41) is 3.50. The predicted molar refractivity (Wildman–Crippen MR) is 114 cm³/mol. The van der Waals surface area contributed by atoms with E-state index in [-0.39, 0.29) is 35.4 Å². The molecule has 0 aliphatic carbocycles. The van der Waals surface area contributed by atoms with Crippen molar-refractivity contribution in [2.24, 2.45) is 5.92 Å². The molecule has 0 spiro atoms. The first-order chi connectivity index (χ1) is 13.7. The molecule has 7 heteroatoms. The van der Waals surface area contributed by atoms with Gasteiger partial charge in [-0.25, -0.2) is 4.39 Å². The number of hydrogen-bond donors (Lipinski definition) is 1. The summed E-state index contributed by atoms with van der Waals surface area (Å²) in [5.41, 5.74) is 0.809.